The van der Waals surface area contributed by atoms with Crippen LogP contribution in [0.5, 0.6) is 0 Å². The topological polar surface area (TPSA) is 175 Å². The number of amides is 4. The van der Waals surface area contributed by atoms with Gasteiger partial charge in [-0.3, -0.25) is 14.4 Å². The highest BCUT2D eigenvalue weighted by molar-refractivity contribution is 5.87. The van der Waals surface area contributed by atoms with Crippen molar-refractivity contribution in [2.24, 2.45) is 5.92 Å². The average Bonchev–Trinajstić information content (AvgIpc) is 3.97. The van der Waals surface area contributed by atoms with Gasteiger partial charge in [0.05, 0.1) is 49.2 Å². The number of terminal acetylenes is 1. The fourth-order valence-electron chi connectivity index (χ4n) is 5.97. The van der Waals surface area contributed by atoms with Gasteiger partial charge in [0.2, 0.25) is 18.2 Å². The fourth-order valence-corrected chi connectivity index (χ4v) is 5.97. The lowest BCUT2D eigenvalue weighted by atomic mass is 10.0. The first kappa shape index (κ1) is 45.5. The second-order valence-corrected chi connectivity index (χ2v) is 13.2. The first-order valence-corrected chi connectivity index (χ1v) is 18.5. The second kappa shape index (κ2) is 23.9. The molecule has 0 radical (unpaired) electrons. The molecule has 1 aliphatic rings. The normalized spacial score (nSPS) is 13.6. The third kappa shape index (κ3) is 13.0. The predicted octanol–water partition coefficient (Wildman–Crippen LogP) is 6.08. The third-order valence-electron chi connectivity index (χ3n) is 8.42. The number of nitrogens with one attached hydrogen (secondary N) is 4. The van der Waals surface area contributed by atoms with Gasteiger partial charge in [0, 0.05) is 27.3 Å². The van der Waals surface area contributed by atoms with Crippen molar-refractivity contribution in [3.63, 3.8) is 0 Å². The van der Waals surface area contributed by atoms with E-state index in [2.05, 4.69) is 63.1 Å². The number of carbonyl (C=O) groups is 4. The molecule has 0 bridgehead atoms. The van der Waals surface area contributed by atoms with Crippen molar-refractivity contribution < 1.29 is 28.7 Å². The SMILES string of the molecule is C#C.CCC.CCCN(Cc1ncc(-c2ccc(-c3ccc4nc([C@@H]5CCCN5C(=O)C(NC(=O)OC)C(C)C)[nH]c4c3)cc2)[nH]1)C(=O)CNC=O.COC. The quantitative estimate of drug-likeness (QED) is 0.0938. The lowest BCUT2D eigenvalue weighted by Crippen LogP contribution is -2.51. The van der Waals surface area contributed by atoms with Gasteiger partial charge in [0.25, 0.3) is 0 Å². The minimum atomic E-state index is -0.688. The van der Waals surface area contributed by atoms with Gasteiger partial charge in [-0.15, -0.1) is 12.8 Å². The zero-order valence-electron chi connectivity index (χ0n) is 33.5. The predicted molar refractivity (Wildman–Crippen MR) is 216 cm³/mol. The molecule has 1 unspecified atom stereocenters. The molecule has 55 heavy (non-hydrogen) atoms. The highest BCUT2D eigenvalue weighted by Gasteiger charge is 2.37. The number of hydrogen-bond acceptors (Lipinski definition) is 8. The van der Waals surface area contributed by atoms with Crippen molar-refractivity contribution in [3.8, 4) is 35.2 Å². The van der Waals surface area contributed by atoms with Crippen LogP contribution in [0.3, 0.4) is 0 Å². The second-order valence-electron chi connectivity index (χ2n) is 13.2. The molecule has 1 aliphatic heterocycles. The van der Waals surface area contributed by atoms with Crippen molar-refractivity contribution in [2.45, 2.75) is 78.9 Å². The number of carbonyl (C=O) groups excluding carboxylic acids is 4. The summed E-state index contributed by atoms with van der Waals surface area (Å²) in [5.74, 6) is 0.988. The van der Waals surface area contributed by atoms with Gasteiger partial charge in [-0.2, -0.15) is 0 Å². The van der Waals surface area contributed by atoms with Gasteiger partial charge in [0.15, 0.2) is 0 Å². The molecule has 14 nitrogen and oxygen atoms in total. The van der Waals surface area contributed by atoms with Crippen LogP contribution >= 0.6 is 0 Å². The van der Waals surface area contributed by atoms with E-state index in [1.54, 1.807) is 25.3 Å². The summed E-state index contributed by atoms with van der Waals surface area (Å²) < 4.78 is 8.99. The smallest absolute Gasteiger partial charge is 0.407 e. The van der Waals surface area contributed by atoms with Crippen LogP contribution in [0.15, 0.2) is 48.7 Å². The molecule has 1 fully saturated rings. The number of H-pyrrole nitrogens is 2. The zero-order chi connectivity index (χ0) is 40.9. The Morgan fingerprint density at radius 1 is 1.02 bits per heavy atom. The molecule has 0 spiro atoms. The number of hydrogen-bond donors (Lipinski definition) is 4. The van der Waals surface area contributed by atoms with Crippen LogP contribution < -0.4 is 10.6 Å². The number of benzene rings is 2. The Morgan fingerprint density at radius 3 is 2.25 bits per heavy atom. The molecule has 5 rings (SSSR count). The van der Waals surface area contributed by atoms with Crippen LogP contribution in [0, 0.1) is 18.8 Å². The van der Waals surface area contributed by atoms with E-state index in [0.717, 1.165) is 58.5 Å². The fraction of sp³-hybridized carbons (Fsp3) is 0.463. The van der Waals surface area contributed by atoms with Gasteiger partial charge in [-0.05, 0) is 54.0 Å². The number of alkyl carbamates (subject to hydrolysis) is 1. The van der Waals surface area contributed by atoms with E-state index in [-0.39, 0.29) is 30.3 Å². The Bertz CT molecular complexity index is 1800. The molecular formula is C41H58N8O6. The number of imidazole rings is 2. The van der Waals surface area contributed by atoms with E-state index in [4.69, 9.17) is 9.72 Å². The van der Waals surface area contributed by atoms with Gasteiger partial charge in [-0.1, -0.05) is 71.4 Å². The first-order chi connectivity index (χ1) is 26.5. The lowest BCUT2D eigenvalue weighted by molar-refractivity contribution is -0.135. The summed E-state index contributed by atoms with van der Waals surface area (Å²) in [6.07, 6.45) is 13.3. The van der Waals surface area contributed by atoms with Crippen molar-refractivity contribution in [1.82, 2.24) is 40.4 Å². The van der Waals surface area contributed by atoms with Gasteiger partial charge in [0.1, 0.15) is 17.7 Å². The number of fused-ring (bicyclic) bond motifs is 1. The maximum absolute atomic E-state index is 13.5. The third-order valence-corrected chi connectivity index (χ3v) is 8.42. The Kier molecular flexibility index (Phi) is 19.7. The highest BCUT2D eigenvalue weighted by Crippen LogP contribution is 2.34. The van der Waals surface area contributed by atoms with E-state index in [1.807, 2.05) is 62.1 Å². The van der Waals surface area contributed by atoms with Crippen molar-refractivity contribution >= 4 is 35.4 Å². The van der Waals surface area contributed by atoms with Crippen LogP contribution in [0.2, 0.25) is 0 Å². The highest BCUT2D eigenvalue weighted by atomic mass is 16.5. The standard InChI is InChI=1S/C34H42N8O5.C3H8.C2H6O.C2H2/c1-5-14-41(30(44)18-35-20-43)19-29-36-17-27(37-29)23-10-8-22(9-11-23)24-12-13-25-26(16-24)39-32(38-25)28-7-6-15-42(28)33(45)31(21(2)3)40-34(46)47-4;2*1-3-2;1-2/h8-13,16-17,20-21,28,31H,5-7,14-15,18-19H2,1-4H3,(H,35,43)(H,36,37)(H,38,39)(H,40,46);3H2,1-2H3;1-2H3;1-2H/t28-,31?;;;/m0.../s1. The maximum atomic E-state index is 13.5. The number of likely N-dealkylation sites (tertiary alicyclic amines) is 1. The number of aromatic amines is 2. The molecular weight excluding hydrogens is 701 g/mol. The van der Waals surface area contributed by atoms with E-state index >= 15 is 0 Å². The van der Waals surface area contributed by atoms with Crippen LogP contribution in [0.4, 0.5) is 4.79 Å². The summed E-state index contributed by atoms with van der Waals surface area (Å²) in [6.45, 7) is 11.5. The van der Waals surface area contributed by atoms with Crippen molar-refractivity contribution in [2.75, 3.05) is 41.0 Å². The van der Waals surface area contributed by atoms with Crippen molar-refractivity contribution in [3.05, 3.63) is 60.3 Å². The summed E-state index contributed by atoms with van der Waals surface area (Å²) in [6, 6.07) is 13.3. The van der Waals surface area contributed by atoms with Gasteiger partial charge >= 0.3 is 6.09 Å². The van der Waals surface area contributed by atoms with E-state index in [0.29, 0.717) is 31.9 Å². The maximum Gasteiger partial charge on any atom is 0.407 e. The van der Waals surface area contributed by atoms with Crippen LogP contribution in [-0.2, 0) is 30.4 Å². The minimum absolute atomic E-state index is 0.0439. The molecule has 298 valence electrons. The number of ether oxygens (including phenoxy) is 2. The van der Waals surface area contributed by atoms with Crippen LogP contribution in [0.25, 0.3) is 33.4 Å². The van der Waals surface area contributed by atoms with Crippen LogP contribution in [-0.4, -0.2) is 101 Å². The van der Waals surface area contributed by atoms with E-state index < -0.39 is 12.1 Å². The molecule has 4 aromatic rings. The van der Waals surface area contributed by atoms with Gasteiger partial charge in [-0.25, -0.2) is 14.8 Å². The molecule has 1 saturated heterocycles. The Balaban J connectivity index is 0.00000121. The molecule has 14 heteroatoms. The molecule has 2 aromatic carbocycles. The Hall–Kier alpha value is -5.68. The minimum Gasteiger partial charge on any atom is -0.453 e. The molecule has 2 atom stereocenters. The van der Waals surface area contributed by atoms with Crippen LogP contribution in [0.1, 0.15) is 78.0 Å². The molecule has 0 aliphatic carbocycles. The number of nitrogens with zero attached hydrogens (tertiary/aromatic N) is 4. The van der Waals surface area contributed by atoms with Gasteiger partial charge < -0.3 is 39.9 Å². The van der Waals surface area contributed by atoms with E-state index in [9.17, 15) is 19.2 Å². The molecule has 2 aromatic heterocycles. The lowest BCUT2D eigenvalue weighted by Gasteiger charge is -2.29. The molecule has 4 N–H and O–H groups in total. The van der Waals surface area contributed by atoms with E-state index in [1.165, 1.54) is 13.5 Å². The number of rotatable bonds is 13. The summed E-state index contributed by atoms with van der Waals surface area (Å²) >= 11 is 0. The largest absolute Gasteiger partial charge is 0.453 e. The summed E-state index contributed by atoms with van der Waals surface area (Å²) in [7, 11) is 4.54. The summed E-state index contributed by atoms with van der Waals surface area (Å²) in [5, 5.41) is 5.12. The Morgan fingerprint density at radius 2 is 1.65 bits per heavy atom. The molecule has 4 amide bonds. The number of aromatic nitrogens is 4. The monoisotopic (exact) mass is 758 g/mol. The molecule has 3 heterocycles. The summed E-state index contributed by atoms with van der Waals surface area (Å²) in [4.78, 5) is 68.1. The zero-order valence-corrected chi connectivity index (χ0v) is 33.5. The molecule has 0 saturated carbocycles. The number of methoxy groups -OCH3 is 2. The summed E-state index contributed by atoms with van der Waals surface area (Å²) in [5.41, 5.74) is 5.54. The average molecular weight is 759 g/mol. The van der Waals surface area contributed by atoms with Crippen molar-refractivity contribution in [1.29, 1.82) is 0 Å². The Labute approximate surface area is 325 Å². The first-order valence-electron chi connectivity index (χ1n) is 18.5.